The van der Waals surface area contributed by atoms with Gasteiger partial charge in [0.15, 0.2) is 0 Å². The third kappa shape index (κ3) is 4.62. The van der Waals surface area contributed by atoms with Crippen LogP contribution in [0.25, 0.3) is 0 Å². The van der Waals surface area contributed by atoms with Crippen molar-refractivity contribution >= 4 is 28.2 Å². The minimum atomic E-state index is -0.930. The van der Waals surface area contributed by atoms with E-state index in [1.807, 2.05) is 0 Å². The Morgan fingerprint density at radius 3 is 2.89 bits per heavy atom. The molecule has 0 radical (unpaired) electrons. The van der Waals surface area contributed by atoms with E-state index in [9.17, 15) is 19.1 Å². The van der Waals surface area contributed by atoms with Crippen molar-refractivity contribution in [3.8, 4) is 0 Å². The van der Waals surface area contributed by atoms with Crippen LogP contribution in [0.4, 0.5) is 11.5 Å². The number of amides is 1. The van der Waals surface area contributed by atoms with Gasteiger partial charge in [-0.25, -0.2) is 4.98 Å². The summed E-state index contributed by atoms with van der Waals surface area (Å²) in [6.07, 6.45) is 3.05. The van der Waals surface area contributed by atoms with Crippen molar-refractivity contribution in [3.05, 3.63) is 27.9 Å². The molecule has 9 heteroatoms. The van der Waals surface area contributed by atoms with Crippen molar-refractivity contribution in [1.82, 2.24) is 10.3 Å². The number of nitrogens with two attached hydrogens (primary N) is 1. The second-order valence-electron chi connectivity index (χ2n) is 3.77. The predicted molar refractivity (Wildman–Crippen MR) is 71.2 cm³/mol. The number of anilines is 1. The number of rotatable bonds is 6. The molecule has 19 heavy (non-hydrogen) atoms. The van der Waals surface area contributed by atoms with Gasteiger partial charge in [0, 0.05) is 29.4 Å². The molecule has 0 aliphatic heterocycles. The zero-order valence-corrected chi connectivity index (χ0v) is 11.1. The van der Waals surface area contributed by atoms with E-state index < -0.39 is 27.3 Å². The molecule has 3 N–H and O–H groups in total. The summed E-state index contributed by atoms with van der Waals surface area (Å²) in [7, 11) is -0.930. The quantitative estimate of drug-likeness (QED) is 0.432. The topological polar surface area (TPSA) is 128 Å². The first-order valence-electron chi connectivity index (χ1n) is 5.40. The van der Waals surface area contributed by atoms with Crippen molar-refractivity contribution in [1.29, 1.82) is 0 Å². The highest BCUT2D eigenvalue weighted by Gasteiger charge is 2.20. The Hall–Kier alpha value is -2.03. The number of carbonyl (C=O) groups excluding carboxylic acids is 1. The second kappa shape index (κ2) is 6.78. The van der Waals surface area contributed by atoms with Crippen molar-refractivity contribution in [3.63, 3.8) is 0 Å². The van der Waals surface area contributed by atoms with Crippen molar-refractivity contribution in [2.45, 2.75) is 6.42 Å². The molecule has 1 aromatic rings. The predicted octanol–water partition coefficient (Wildman–Crippen LogP) is 0.0704. The highest BCUT2D eigenvalue weighted by molar-refractivity contribution is 7.84. The molecular weight excluding hydrogens is 272 g/mol. The Morgan fingerprint density at radius 1 is 1.63 bits per heavy atom. The van der Waals surface area contributed by atoms with Crippen LogP contribution in [0.3, 0.4) is 0 Å². The van der Waals surface area contributed by atoms with Gasteiger partial charge in [0.2, 0.25) is 0 Å². The molecule has 104 valence electrons. The normalized spacial score (nSPS) is 11.8. The van der Waals surface area contributed by atoms with E-state index in [0.717, 1.165) is 12.3 Å². The van der Waals surface area contributed by atoms with E-state index in [-0.39, 0.29) is 17.9 Å². The van der Waals surface area contributed by atoms with E-state index in [1.165, 1.54) is 0 Å². The van der Waals surface area contributed by atoms with E-state index in [2.05, 4.69) is 10.3 Å². The second-order valence-corrected chi connectivity index (χ2v) is 5.32. The van der Waals surface area contributed by atoms with Crippen LogP contribution in [0.2, 0.25) is 0 Å². The average Bonchev–Trinajstić information content (AvgIpc) is 2.33. The van der Waals surface area contributed by atoms with E-state index in [4.69, 9.17) is 5.73 Å². The molecule has 0 saturated carbocycles. The summed E-state index contributed by atoms with van der Waals surface area (Å²) in [5, 5.41) is 13.3. The number of hydrogen-bond acceptors (Lipinski definition) is 6. The molecule has 1 unspecified atom stereocenters. The molecule has 1 amide bonds. The molecule has 8 nitrogen and oxygen atoms in total. The number of pyridine rings is 1. The molecule has 1 atom stereocenters. The lowest BCUT2D eigenvalue weighted by atomic mass is 10.2. The Kier molecular flexibility index (Phi) is 5.37. The van der Waals surface area contributed by atoms with Crippen molar-refractivity contribution in [2.75, 3.05) is 24.3 Å². The maximum absolute atomic E-state index is 11.8. The minimum Gasteiger partial charge on any atom is -0.384 e. The molecule has 0 aliphatic rings. The summed E-state index contributed by atoms with van der Waals surface area (Å²) < 4.78 is 10.8. The number of aromatic nitrogens is 1. The molecule has 0 aromatic carbocycles. The smallest absolute Gasteiger partial charge is 0.300 e. The zero-order chi connectivity index (χ0) is 14.4. The van der Waals surface area contributed by atoms with Crippen LogP contribution >= 0.6 is 0 Å². The molecule has 1 rings (SSSR count). The molecule has 0 spiro atoms. The van der Waals surface area contributed by atoms with Crippen LogP contribution in [-0.4, -0.2) is 38.6 Å². The fraction of sp³-hybridized carbons (Fsp3) is 0.400. The van der Waals surface area contributed by atoms with E-state index >= 15 is 0 Å². The third-order valence-corrected chi connectivity index (χ3v) is 3.10. The fourth-order valence-electron chi connectivity index (χ4n) is 1.36. The number of nitrogens with one attached hydrogen (secondary N) is 1. The van der Waals surface area contributed by atoms with Gasteiger partial charge < -0.3 is 11.1 Å². The summed E-state index contributed by atoms with van der Waals surface area (Å²) in [5.74, 6) is -0.103. The van der Waals surface area contributed by atoms with Gasteiger partial charge in [0.05, 0.1) is 4.92 Å². The lowest BCUT2D eigenvalue weighted by Gasteiger charge is -2.05. The molecule has 0 fully saturated rings. The number of hydrogen-bond donors (Lipinski definition) is 2. The lowest BCUT2D eigenvalue weighted by Crippen LogP contribution is -2.26. The highest BCUT2D eigenvalue weighted by Crippen LogP contribution is 2.18. The van der Waals surface area contributed by atoms with Gasteiger partial charge in [-0.1, -0.05) is 0 Å². The van der Waals surface area contributed by atoms with Crippen LogP contribution in [0.5, 0.6) is 0 Å². The van der Waals surface area contributed by atoms with Crippen molar-refractivity contribution in [2.24, 2.45) is 0 Å². The zero-order valence-electron chi connectivity index (χ0n) is 10.3. The standard InChI is InChI=1S/C10H14N4O4S/c1-19(18)4-2-3-12-10(15)7-5-9(11)13-6-8(7)14(16)17/h5-6H,2-4H2,1H3,(H2,11,13)(H,12,15). The summed E-state index contributed by atoms with van der Waals surface area (Å²) in [5.41, 5.74) is 4.88. The molecule has 0 saturated heterocycles. The van der Waals surface area contributed by atoms with Gasteiger partial charge in [-0.3, -0.25) is 19.1 Å². The summed E-state index contributed by atoms with van der Waals surface area (Å²) in [6.45, 7) is 0.289. The number of carbonyl (C=O) groups is 1. The average molecular weight is 286 g/mol. The lowest BCUT2D eigenvalue weighted by molar-refractivity contribution is -0.385. The summed E-state index contributed by atoms with van der Waals surface area (Å²) >= 11 is 0. The van der Waals surface area contributed by atoms with Crippen LogP contribution in [-0.2, 0) is 10.8 Å². The fourth-order valence-corrected chi connectivity index (χ4v) is 1.92. The van der Waals surface area contributed by atoms with Crippen molar-refractivity contribution < 1.29 is 13.9 Å². The van der Waals surface area contributed by atoms with Crippen LogP contribution < -0.4 is 11.1 Å². The first-order chi connectivity index (χ1) is 8.91. The number of nitrogens with zero attached hydrogens (tertiary/aromatic N) is 2. The van der Waals surface area contributed by atoms with Gasteiger partial charge in [0.25, 0.3) is 11.6 Å². The van der Waals surface area contributed by atoms with Crippen LogP contribution in [0.15, 0.2) is 12.3 Å². The first kappa shape index (κ1) is 15.0. The maximum Gasteiger partial charge on any atom is 0.300 e. The molecule has 1 heterocycles. The summed E-state index contributed by atoms with van der Waals surface area (Å²) in [4.78, 5) is 25.4. The molecule has 0 bridgehead atoms. The number of nitrogen functional groups attached to an aromatic ring is 1. The Labute approximate surface area is 112 Å². The Balaban J connectivity index is 2.73. The van der Waals surface area contributed by atoms with Gasteiger partial charge in [-0.05, 0) is 12.5 Å². The molecule has 0 aliphatic carbocycles. The highest BCUT2D eigenvalue weighted by atomic mass is 32.2. The van der Waals surface area contributed by atoms with Gasteiger partial charge in [-0.15, -0.1) is 0 Å². The van der Waals surface area contributed by atoms with E-state index in [1.54, 1.807) is 6.26 Å². The van der Waals surface area contributed by atoms with Gasteiger partial charge >= 0.3 is 0 Å². The van der Waals surface area contributed by atoms with Gasteiger partial charge in [0.1, 0.15) is 17.6 Å². The minimum absolute atomic E-state index is 0.0328. The summed E-state index contributed by atoms with van der Waals surface area (Å²) in [6, 6.07) is 1.16. The molecule has 1 aromatic heterocycles. The maximum atomic E-state index is 11.8. The largest absolute Gasteiger partial charge is 0.384 e. The number of nitro groups is 1. The Morgan fingerprint density at radius 2 is 2.32 bits per heavy atom. The van der Waals surface area contributed by atoms with Gasteiger partial charge in [-0.2, -0.15) is 0 Å². The van der Waals surface area contributed by atoms with E-state index in [0.29, 0.717) is 12.2 Å². The molecular formula is C10H14N4O4S. The Bertz CT molecular complexity index is 520. The van der Waals surface area contributed by atoms with Crippen LogP contribution in [0, 0.1) is 10.1 Å². The monoisotopic (exact) mass is 286 g/mol. The first-order valence-corrected chi connectivity index (χ1v) is 7.12. The third-order valence-electron chi connectivity index (χ3n) is 2.24. The SMILES string of the molecule is CS(=O)CCCNC(=O)c1cc(N)ncc1[N+](=O)[O-]. The van der Waals surface area contributed by atoms with Crippen LogP contribution in [0.1, 0.15) is 16.8 Å².